The van der Waals surface area contributed by atoms with Gasteiger partial charge in [-0.15, -0.1) is 0 Å². The van der Waals surface area contributed by atoms with Crippen molar-refractivity contribution in [3.63, 3.8) is 0 Å². The molecule has 6 heteroatoms. The van der Waals surface area contributed by atoms with Gasteiger partial charge in [0.2, 0.25) is 0 Å². The van der Waals surface area contributed by atoms with Gasteiger partial charge in [-0.2, -0.15) is 5.10 Å². The maximum atomic E-state index is 11.0. The maximum Gasteiger partial charge on any atom is 0.357 e. The molecule has 1 aliphatic heterocycles. The van der Waals surface area contributed by atoms with E-state index in [1.807, 2.05) is 6.07 Å². The fourth-order valence-corrected chi connectivity index (χ4v) is 2.22. The van der Waals surface area contributed by atoms with Crippen molar-refractivity contribution < 1.29 is 19.4 Å². The van der Waals surface area contributed by atoms with Gasteiger partial charge >= 0.3 is 5.97 Å². The predicted octanol–water partition coefficient (Wildman–Crippen LogP) is 1.82. The summed E-state index contributed by atoms with van der Waals surface area (Å²) in [4.78, 5) is 11.0. The van der Waals surface area contributed by atoms with Gasteiger partial charge in [-0.1, -0.05) is 0 Å². The summed E-state index contributed by atoms with van der Waals surface area (Å²) in [5.74, 6) is -0.377. The highest BCUT2D eigenvalue weighted by Crippen LogP contribution is 2.24. The van der Waals surface area contributed by atoms with Gasteiger partial charge in [-0.05, 0) is 18.2 Å². The minimum atomic E-state index is -1.05. The van der Waals surface area contributed by atoms with Gasteiger partial charge in [-0.25, -0.2) is 4.79 Å². The summed E-state index contributed by atoms with van der Waals surface area (Å²) in [6, 6.07) is 5.32. The lowest BCUT2D eigenvalue weighted by Gasteiger charge is -2.23. The van der Waals surface area contributed by atoms with Crippen molar-refractivity contribution in [2.24, 2.45) is 0 Å². The Morgan fingerprint density at radius 3 is 2.95 bits per heavy atom. The molecule has 0 spiro atoms. The summed E-state index contributed by atoms with van der Waals surface area (Å²) in [5.41, 5.74) is 0.712. The first-order chi connectivity index (χ1) is 9.24. The van der Waals surface area contributed by atoms with Crippen molar-refractivity contribution in [1.82, 2.24) is 10.2 Å². The van der Waals surface area contributed by atoms with Crippen molar-refractivity contribution in [2.45, 2.75) is 18.9 Å². The van der Waals surface area contributed by atoms with Crippen LogP contribution in [0.25, 0.3) is 10.9 Å². The molecule has 0 saturated carbocycles. The molecule has 6 nitrogen and oxygen atoms in total. The molecular weight excluding hydrogens is 248 g/mol. The zero-order valence-corrected chi connectivity index (χ0v) is 10.3. The second-order valence-electron chi connectivity index (χ2n) is 4.51. The van der Waals surface area contributed by atoms with Gasteiger partial charge in [0.1, 0.15) is 11.9 Å². The number of aromatic carboxylic acids is 1. The van der Waals surface area contributed by atoms with Crippen LogP contribution in [0.1, 0.15) is 23.3 Å². The third kappa shape index (κ3) is 2.39. The number of nitrogens with one attached hydrogen (secondary N) is 1. The van der Waals surface area contributed by atoms with Gasteiger partial charge in [0.05, 0.1) is 18.7 Å². The fraction of sp³-hybridized carbons (Fsp3) is 0.385. The number of aromatic nitrogens is 2. The molecule has 1 aromatic heterocycles. The predicted molar refractivity (Wildman–Crippen MR) is 67.5 cm³/mol. The van der Waals surface area contributed by atoms with Crippen molar-refractivity contribution in [3.8, 4) is 5.75 Å². The number of rotatable bonds is 3. The van der Waals surface area contributed by atoms with Crippen LogP contribution in [0, 0.1) is 0 Å². The van der Waals surface area contributed by atoms with Gasteiger partial charge in [0.15, 0.2) is 5.69 Å². The second-order valence-corrected chi connectivity index (χ2v) is 4.51. The standard InChI is InChI=1S/C13H14N2O4/c16-13(17)12-10-7-9(1-2-11(10)14-15-12)19-8-3-5-18-6-4-8/h1-2,7-8H,3-6H2,(H,14,15)(H,16,17). The lowest BCUT2D eigenvalue weighted by Crippen LogP contribution is -2.25. The summed E-state index contributed by atoms with van der Waals surface area (Å²) in [6.07, 6.45) is 1.84. The smallest absolute Gasteiger partial charge is 0.357 e. The number of carboxylic acid groups (broad SMARTS) is 1. The quantitative estimate of drug-likeness (QED) is 0.881. The number of hydrogen-bond acceptors (Lipinski definition) is 4. The van der Waals surface area contributed by atoms with E-state index in [2.05, 4.69) is 10.2 Å². The first-order valence-electron chi connectivity index (χ1n) is 6.20. The molecule has 1 saturated heterocycles. The summed E-state index contributed by atoms with van der Waals surface area (Å²) in [7, 11) is 0. The molecule has 1 aromatic carbocycles. The molecule has 0 bridgehead atoms. The van der Waals surface area contributed by atoms with E-state index in [9.17, 15) is 4.79 Å². The van der Waals surface area contributed by atoms with E-state index >= 15 is 0 Å². The molecule has 0 atom stereocenters. The van der Waals surface area contributed by atoms with Gasteiger partial charge in [0.25, 0.3) is 0 Å². The summed E-state index contributed by atoms with van der Waals surface area (Å²) in [5, 5.41) is 16.1. The van der Waals surface area contributed by atoms with E-state index in [0.29, 0.717) is 29.9 Å². The molecule has 2 aromatic rings. The molecule has 3 rings (SSSR count). The molecule has 0 unspecified atom stereocenters. The number of benzene rings is 1. The van der Waals surface area contributed by atoms with Crippen LogP contribution in [-0.4, -0.2) is 40.6 Å². The molecule has 2 N–H and O–H groups in total. The van der Waals surface area contributed by atoms with Crippen LogP contribution in [0.3, 0.4) is 0 Å². The number of carbonyl (C=O) groups is 1. The van der Waals surface area contributed by atoms with E-state index in [4.69, 9.17) is 14.6 Å². The summed E-state index contributed by atoms with van der Waals surface area (Å²) < 4.78 is 11.1. The van der Waals surface area contributed by atoms with Crippen LogP contribution >= 0.6 is 0 Å². The Bertz CT molecular complexity index is 602. The Labute approximate surface area is 109 Å². The highest BCUT2D eigenvalue weighted by Gasteiger charge is 2.17. The Morgan fingerprint density at radius 2 is 2.21 bits per heavy atom. The largest absolute Gasteiger partial charge is 0.490 e. The van der Waals surface area contributed by atoms with E-state index in [1.165, 1.54) is 0 Å². The average molecular weight is 262 g/mol. The summed E-state index contributed by atoms with van der Waals surface area (Å²) >= 11 is 0. The first-order valence-corrected chi connectivity index (χ1v) is 6.20. The third-order valence-electron chi connectivity index (χ3n) is 3.21. The van der Waals surface area contributed by atoms with Crippen LogP contribution in [0.4, 0.5) is 0 Å². The van der Waals surface area contributed by atoms with Crippen molar-refractivity contribution in [2.75, 3.05) is 13.2 Å². The Hall–Kier alpha value is -2.08. The number of carboxylic acids is 1. The number of nitrogens with zero attached hydrogens (tertiary/aromatic N) is 1. The monoisotopic (exact) mass is 262 g/mol. The average Bonchev–Trinajstić information content (AvgIpc) is 2.83. The molecule has 0 aliphatic carbocycles. The minimum absolute atomic E-state index is 0.0208. The van der Waals surface area contributed by atoms with Crippen LogP contribution in [0.2, 0.25) is 0 Å². The van der Waals surface area contributed by atoms with Crippen LogP contribution in [-0.2, 0) is 4.74 Å². The van der Waals surface area contributed by atoms with E-state index in [1.54, 1.807) is 12.1 Å². The van der Waals surface area contributed by atoms with Crippen LogP contribution in [0.15, 0.2) is 18.2 Å². The van der Waals surface area contributed by atoms with Gasteiger partial charge in [0, 0.05) is 18.2 Å². The first kappa shape index (κ1) is 12.0. The third-order valence-corrected chi connectivity index (χ3v) is 3.21. The minimum Gasteiger partial charge on any atom is -0.490 e. The number of aromatic amines is 1. The van der Waals surface area contributed by atoms with Crippen LogP contribution < -0.4 is 4.74 Å². The SMILES string of the molecule is O=C(O)c1n[nH]c2ccc(OC3CCOCC3)cc12. The molecule has 0 amide bonds. The second kappa shape index (κ2) is 4.89. The van der Waals surface area contributed by atoms with E-state index in [0.717, 1.165) is 12.8 Å². The van der Waals surface area contributed by atoms with Crippen molar-refractivity contribution >= 4 is 16.9 Å². The number of hydrogen-bond donors (Lipinski definition) is 2. The number of fused-ring (bicyclic) bond motifs is 1. The highest BCUT2D eigenvalue weighted by molar-refractivity contribution is 6.01. The molecule has 1 fully saturated rings. The zero-order chi connectivity index (χ0) is 13.2. The van der Waals surface area contributed by atoms with Gasteiger partial charge in [-0.3, -0.25) is 5.10 Å². The topological polar surface area (TPSA) is 84.4 Å². The van der Waals surface area contributed by atoms with E-state index < -0.39 is 5.97 Å². The molecule has 1 aliphatic rings. The lowest BCUT2D eigenvalue weighted by molar-refractivity contribution is 0.0256. The summed E-state index contributed by atoms with van der Waals surface area (Å²) in [6.45, 7) is 1.41. The van der Waals surface area contributed by atoms with Crippen molar-refractivity contribution in [1.29, 1.82) is 0 Å². The molecule has 19 heavy (non-hydrogen) atoms. The normalized spacial score (nSPS) is 16.6. The molecule has 0 radical (unpaired) electrons. The molecular formula is C13H14N2O4. The van der Waals surface area contributed by atoms with E-state index in [-0.39, 0.29) is 11.8 Å². The zero-order valence-electron chi connectivity index (χ0n) is 10.3. The lowest BCUT2D eigenvalue weighted by atomic mass is 10.1. The highest BCUT2D eigenvalue weighted by atomic mass is 16.5. The maximum absolute atomic E-state index is 11.0. The number of H-pyrrole nitrogens is 1. The Morgan fingerprint density at radius 1 is 1.42 bits per heavy atom. The van der Waals surface area contributed by atoms with Crippen molar-refractivity contribution in [3.05, 3.63) is 23.9 Å². The van der Waals surface area contributed by atoms with Crippen LogP contribution in [0.5, 0.6) is 5.75 Å². The Kier molecular flexibility index (Phi) is 3.08. The molecule has 100 valence electrons. The van der Waals surface area contributed by atoms with Gasteiger partial charge < -0.3 is 14.6 Å². The Balaban J connectivity index is 1.87. The number of ether oxygens (including phenoxy) is 2. The fourth-order valence-electron chi connectivity index (χ4n) is 2.22. The molecule has 2 heterocycles.